The van der Waals surface area contributed by atoms with Crippen molar-refractivity contribution >= 4 is 35.7 Å². The van der Waals surface area contributed by atoms with Gasteiger partial charge < -0.3 is 23.7 Å². The molecule has 1 aromatic rings. The predicted octanol–water partition coefficient (Wildman–Crippen LogP) is -0.199. The van der Waals surface area contributed by atoms with Gasteiger partial charge in [-0.2, -0.15) is 4.98 Å². The average Bonchev–Trinajstić information content (AvgIpc) is 3.01. The summed E-state index contributed by atoms with van der Waals surface area (Å²) in [4.78, 5) is 62.4. The van der Waals surface area contributed by atoms with E-state index in [1.807, 2.05) is 0 Å². The Balaban J connectivity index is 2.57. The molecular formula is C19H26N4O10. The van der Waals surface area contributed by atoms with Crippen LogP contribution in [0.3, 0.4) is 0 Å². The zero-order valence-electron chi connectivity index (χ0n) is 19.0. The fourth-order valence-electron chi connectivity index (χ4n) is 3.26. The highest BCUT2D eigenvalue weighted by Gasteiger charge is 2.53. The Morgan fingerprint density at radius 2 is 1.42 bits per heavy atom. The molecule has 1 fully saturated rings. The lowest BCUT2D eigenvalue weighted by atomic mass is 9.97. The fourth-order valence-corrected chi connectivity index (χ4v) is 3.26. The van der Waals surface area contributed by atoms with Crippen LogP contribution in [0.15, 0.2) is 0 Å². The minimum atomic E-state index is -1.34. The molecule has 0 radical (unpaired) electrons. The number of esters is 4. The lowest BCUT2D eigenvalue weighted by molar-refractivity contribution is -0.270. The predicted molar refractivity (Wildman–Crippen MR) is 106 cm³/mol. The van der Waals surface area contributed by atoms with Crippen LogP contribution in [0.4, 0.5) is 5.95 Å². The summed E-state index contributed by atoms with van der Waals surface area (Å²) in [6.45, 7) is 6.99. The van der Waals surface area contributed by atoms with E-state index in [-0.39, 0.29) is 18.4 Å². The molecule has 1 aliphatic rings. The van der Waals surface area contributed by atoms with Gasteiger partial charge in [0.1, 0.15) is 18.5 Å². The van der Waals surface area contributed by atoms with Crippen LogP contribution >= 0.6 is 0 Å². The van der Waals surface area contributed by atoms with Gasteiger partial charge in [0.25, 0.3) is 0 Å². The van der Waals surface area contributed by atoms with Crippen LogP contribution in [0.25, 0.3) is 0 Å². The van der Waals surface area contributed by atoms with E-state index in [1.165, 1.54) is 18.5 Å². The van der Waals surface area contributed by atoms with E-state index >= 15 is 0 Å². The Bertz CT molecular complexity index is 930. The van der Waals surface area contributed by atoms with Crippen molar-refractivity contribution in [2.75, 3.05) is 11.9 Å². The summed E-state index contributed by atoms with van der Waals surface area (Å²) in [6.07, 6.45) is -6.35. The van der Waals surface area contributed by atoms with Gasteiger partial charge in [0, 0.05) is 34.6 Å². The molecule has 1 saturated heterocycles. The molecule has 1 aromatic heterocycles. The maximum atomic E-state index is 11.9. The third-order valence-corrected chi connectivity index (χ3v) is 4.30. The Morgan fingerprint density at radius 1 is 0.879 bits per heavy atom. The van der Waals surface area contributed by atoms with Crippen molar-refractivity contribution in [2.24, 2.45) is 0 Å². The monoisotopic (exact) mass is 470 g/mol. The summed E-state index contributed by atoms with van der Waals surface area (Å²) >= 11 is 0. The average molecular weight is 470 g/mol. The van der Waals surface area contributed by atoms with Gasteiger partial charge in [-0.3, -0.25) is 29.3 Å². The third kappa shape index (κ3) is 6.97. The van der Waals surface area contributed by atoms with Crippen LogP contribution < -0.4 is 5.32 Å². The quantitative estimate of drug-likeness (QED) is 0.411. The molecule has 0 saturated carbocycles. The Labute approximate surface area is 188 Å². The maximum Gasteiger partial charge on any atom is 0.303 e. The van der Waals surface area contributed by atoms with Crippen molar-refractivity contribution in [3.63, 3.8) is 0 Å². The number of amides is 1. The number of nitrogens with zero attached hydrogens (tertiary/aromatic N) is 3. The van der Waals surface area contributed by atoms with Gasteiger partial charge >= 0.3 is 23.9 Å². The van der Waals surface area contributed by atoms with Crippen LogP contribution in [-0.2, 0) is 47.7 Å². The molecule has 0 spiro atoms. The molecule has 0 aromatic carbocycles. The molecule has 2 heterocycles. The number of carbonyl (C=O) groups is 5. The van der Waals surface area contributed by atoms with Gasteiger partial charge in [0.05, 0.1) is 0 Å². The molecule has 5 atom stereocenters. The van der Waals surface area contributed by atoms with Gasteiger partial charge in [0.15, 0.2) is 24.5 Å². The minimum Gasteiger partial charge on any atom is -0.463 e. The molecule has 0 bridgehead atoms. The molecule has 0 aliphatic carbocycles. The normalized spacial score (nSPS) is 24.4. The molecule has 14 nitrogen and oxygen atoms in total. The Kier molecular flexibility index (Phi) is 8.45. The first-order chi connectivity index (χ1) is 15.4. The van der Waals surface area contributed by atoms with Crippen LogP contribution in [0.1, 0.15) is 46.7 Å². The van der Waals surface area contributed by atoms with Gasteiger partial charge in [-0.1, -0.05) is 0 Å². The maximum absolute atomic E-state index is 11.9. The molecule has 14 heteroatoms. The van der Waals surface area contributed by atoms with E-state index in [0.717, 1.165) is 20.8 Å². The van der Waals surface area contributed by atoms with Crippen molar-refractivity contribution < 1.29 is 47.7 Å². The standard InChI is InChI=1S/C19H26N4O10/c1-8-20-19(21-9(2)24)22-23(8)18-17(32-13(6)28)16(31-12(5)27)15(30-11(4)26)14(33-18)7-29-10(3)25/h14-18H,7H2,1-6H3,(H,21,22,24)/t14-,15-,16+,17-,18-/m1/s1. The first-order valence-corrected chi connectivity index (χ1v) is 9.90. The number of carbonyl (C=O) groups excluding carboxylic acids is 5. The second-order valence-electron chi connectivity index (χ2n) is 7.20. The van der Waals surface area contributed by atoms with E-state index in [0.29, 0.717) is 0 Å². The molecule has 33 heavy (non-hydrogen) atoms. The van der Waals surface area contributed by atoms with Gasteiger partial charge in [-0.15, -0.1) is 5.10 Å². The van der Waals surface area contributed by atoms with Crippen LogP contribution in [0.2, 0.25) is 0 Å². The van der Waals surface area contributed by atoms with Crippen LogP contribution in [0, 0.1) is 6.92 Å². The van der Waals surface area contributed by atoms with Crippen molar-refractivity contribution in [3.8, 4) is 0 Å². The van der Waals surface area contributed by atoms with Crippen molar-refractivity contribution in [3.05, 3.63) is 5.82 Å². The highest BCUT2D eigenvalue weighted by Crippen LogP contribution is 2.35. The zero-order chi connectivity index (χ0) is 24.9. The van der Waals surface area contributed by atoms with Crippen molar-refractivity contribution in [1.82, 2.24) is 14.8 Å². The number of anilines is 1. The van der Waals surface area contributed by atoms with E-state index in [1.54, 1.807) is 6.92 Å². The number of rotatable bonds is 7. The largest absolute Gasteiger partial charge is 0.463 e. The summed E-state index contributed by atoms with van der Waals surface area (Å²) in [6, 6.07) is 0. The second kappa shape index (κ2) is 10.8. The number of nitrogens with one attached hydrogen (secondary N) is 1. The van der Waals surface area contributed by atoms with Gasteiger partial charge in [0.2, 0.25) is 11.9 Å². The molecule has 1 N–H and O–H groups in total. The second-order valence-corrected chi connectivity index (χ2v) is 7.20. The van der Waals surface area contributed by atoms with Crippen molar-refractivity contribution in [1.29, 1.82) is 0 Å². The molecular weight excluding hydrogens is 444 g/mol. The number of hydrogen-bond donors (Lipinski definition) is 1. The number of ether oxygens (including phenoxy) is 5. The zero-order valence-corrected chi connectivity index (χ0v) is 19.0. The van der Waals surface area contributed by atoms with Crippen molar-refractivity contribution in [2.45, 2.75) is 72.2 Å². The number of hydrogen-bond acceptors (Lipinski definition) is 12. The highest BCUT2D eigenvalue weighted by atomic mass is 16.7. The summed E-state index contributed by atoms with van der Waals surface area (Å²) < 4.78 is 28.3. The minimum absolute atomic E-state index is 0.0483. The lowest BCUT2D eigenvalue weighted by Gasteiger charge is -2.44. The first kappa shape index (κ1) is 25.7. The van der Waals surface area contributed by atoms with E-state index in [9.17, 15) is 24.0 Å². The third-order valence-electron chi connectivity index (χ3n) is 4.30. The highest BCUT2D eigenvalue weighted by molar-refractivity contribution is 5.86. The summed E-state index contributed by atoms with van der Waals surface area (Å²) in [5.41, 5.74) is 0. The van der Waals surface area contributed by atoms with Gasteiger partial charge in [-0.25, -0.2) is 4.68 Å². The Hall–Kier alpha value is -3.55. The van der Waals surface area contributed by atoms with E-state index < -0.39 is 60.4 Å². The molecule has 182 valence electrons. The summed E-state index contributed by atoms with van der Waals surface area (Å²) in [7, 11) is 0. The van der Waals surface area contributed by atoms with Crippen LogP contribution in [0.5, 0.6) is 0 Å². The molecule has 1 amide bonds. The smallest absolute Gasteiger partial charge is 0.303 e. The summed E-state index contributed by atoms with van der Waals surface area (Å²) in [5.74, 6) is -3.09. The summed E-state index contributed by atoms with van der Waals surface area (Å²) in [5, 5.41) is 6.58. The fraction of sp³-hybridized carbons (Fsp3) is 0.632. The SMILES string of the molecule is CC(=O)Nc1nc(C)n([C@@H]2O[C@H](COC(C)=O)[C@@H](OC(C)=O)[C@H](OC(C)=O)[C@H]2OC(C)=O)n1. The number of aromatic nitrogens is 3. The molecule has 2 rings (SSSR count). The van der Waals surface area contributed by atoms with Gasteiger partial charge in [-0.05, 0) is 6.92 Å². The van der Waals surface area contributed by atoms with E-state index in [2.05, 4.69) is 15.4 Å². The topological polar surface area (TPSA) is 174 Å². The van der Waals surface area contributed by atoms with E-state index in [4.69, 9.17) is 23.7 Å². The first-order valence-electron chi connectivity index (χ1n) is 9.90. The molecule has 1 aliphatic heterocycles. The lowest BCUT2D eigenvalue weighted by Crippen LogP contribution is -2.60. The Morgan fingerprint density at radius 3 is 1.94 bits per heavy atom. The molecule has 0 unspecified atom stereocenters. The van der Waals surface area contributed by atoms with Crippen LogP contribution in [-0.4, -0.2) is 75.6 Å². The number of aryl methyl sites for hydroxylation is 1.